The predicted molar refractivity (Wildman–Crippen MR) is 57.3 cm³/mol. The van der Waals surface area contributed by atoms with Gasteiger partial charge in [0.05, 0.1) is 0 Å². The normalized spacial score (nSPS) is 11.8. The second-order valence-corrected chi connectivity index (χ2v) is 3.11. The summed E-state index contributed by atoms with van der Waals surface area (Å²) in [7, 11) is 0. The maximum atomic E-state index is 2.27. The van der Waals surface area contributed by atoms with E-state index in [-0.39, 0.29) is 0 Å². The van der Waals surface area contributed by atoms with Crippen molar-refractivity contribution in [2.45, 2.75) is 52.4 Å². The molecule has 0 aromatic rings. The van der Waals surface area contributed by atoms with E-state index in [0.29, 0.717) is 0 Å². The summed E-state index contributed by atoms with van der Waals surface area (Å²) >= 11 is 0. The SMILES string of the molecule is CC/C=C/C=C/CCCCCC. The van der Waals surface area contributed by atoms with Crippen LogP contribution in [-0.2, 0) is 0 Å². The van der Waals surface area contributed by atoms with Crippen molar-refractivity contribution >= 4 is 0 Å². The van der Waals surface area contributed by atoms with Gasteiger partial charge in [0.25, 0.3) is 0 Å². The maximum absolute atomic E-state index is 2.27. The zero-order valence-corrected chi connectivity index (χ0v) is 8.55. The van der Waals surface area contributed by atoms with Crippen LogP contribution in [0, 0.1) is 0 Å². The molecule has 0 amide bonds. The molecule has 0 spiro atoms. The molecular formula is C12H22. The molecule has 0 heteroatoms. The third kappa shape index (κ3) is 9.48. The molecule has 0 atom stereocenters. The minimum absolute atomic E-state index is 1.14. The first kappa shape index (κ1) is 11.5. The topological polar surface area (TPSA) is 0 Å². The van der Waals surface area contributed by atoms with Gasteiger partial charge < -0.3 is 0 Å². The van der Waals surface area contributed by atoms with Crippen LogP contribution in [0.25, 0.3) is 0 Å². The van der Waals surface area contributed by atoms with Crippen molar-refractivity contribution < 1.29 is 0 Å². The summed E-state index contributed by atoms with van der Waals surface area (Å²) in [6.07, 6.45) is 16.6. The lowest BCUT2D eigenvalue weighted by Crippen LogP contribution is -1.72. The Hall–Kier alpha value is -0.520. The fourth-order valence-electron chi connectivity index (χ4n) is 1.08. The van der Waals surface area contributed by atoms with E-state index in [9.17, 15) is 0 Å². The molecule has 0 radical (unpaired) electrons. The Morgan fingerprint density at radius 3 is 2.25 bits per heavy atom. The molecule has 0 saturated heterocycles. The van der Waals surface area contributed by atoms with Crippen LogP contribution >= 0.6 is 0 Å². The first-order valence-electron chi connectivity index (χ1n) is 5.23. The van der Waals surface area contributed by atoms with Crippen LogP contribution in [0.5, 0.6) is 0 Å². The van der Waals surface area contributed by atoms with Gasteiger partial charge in [-0.05, 0) is 19.3 Å². The molecule has 0 nitrogen and oxygen atoms in total. The molecule has 12 heavy (non-hydrogen) atoms. The number of hydrogen-bond acceptors (Lipinski definition) is 0. The molecule has 0 rings (SSSR count). The second-order valence-electron chi connectivity index (χ2n) is 3.11. The Kier molecular flexibility index (Phi) is 10.0. The lowest BCUT2D eigenvalue weighted by molar-refractivity contribution is 0.674. The number of hydrogen-bond donors (Lipinski definition) is 0. The highest BCUT2D eigenvalue weighted by Crippen LogP contribution is 2.02. The van der Waals surface area contributed by atoms with E-state index < -0.39 is 0 Å². The quantitative estimate of drug-likeness (QED) is 0.386. The van der Waals surface area contributed by atoms with Gasteiger partial charge in [-0.15, -0.1) is 0 Å². The highest BCUT2D eigenvalue weighted by atomic mass is 13.9. The third-order valence-electron chi connectivity index (χ3n) is 1.84. The predicted octanol–water partition coefficient (Wildman–Crippen LogP) is 4.48. The molecule has 0 heterocycles. The summed E-state index contributed by atoms with van der Waals surface area (Å²) in [5.41, 5.74) is 0. The van der Waals surface area contributed by atoms with E-state index in [1.165, 1.54) is 32.1 Å². The number of rotatable bonds is 7. The third-order valence-corrected chi connectivity index (χ3v) is 1.84. The van der Waals surface area contributed by atoms with E-state index in [1.807, 2.05) is 0 Å². The molecular weight excluding hydrogens is 144 g/mol. The van der Waals surface area contributed by atoms with E-state index in [4.69, 9.17) is 0 Å². The zero-order chi connectivity index (χ0) is 9.07. The Morgan fingerprint density at radius 1 is 0.833 bits per heavy atom. The van der Waals surface area contributed by atoms with Gasteiger partial charge in [-0.2, -0.15) is 0 Å². The van der Waals surface area contributed by atoms with Crippen LogP contribution in [0.3, 0.4) is 0 Å². The van der Waals surface area contributed by atoms with E-state index in [0.717, 1.165) is 6.42 Å². The zero-order valence-electron chi connectivity index (χ0n) is 8.55. The summed E-state index contributed by atoms with van der Waals surface area (Å²) in [4.78, 5) is 0. The average molecular weight is 166 g/mol. The minimum Gasteiger partial charge on any atom is -0.0848 e. The molecule has 0 saturated carbocycles. The average Bonchev–Trinajstić information content (AvgIpc) is 2.10. The highest BCUT2D eigenvalue weighted by molar-refractivity contribution is 5.01. The molecule has 0 bridgehead atoms. The summed E-state index contributed by atoms with van der Waals surface area (Å²) in [6, 6.07) is 0. The molecule has 0 aromatic carbocycles. The molecule has 0 aliphatic heterocycles. The van der Waals surface area contributed by atoms with Gasteiger partial charge in [0, 0.05) is 0 Å². The van der Waals surface area contributed by atoms with Gasteiger partial charge in [0.1, 0.15) is 0 Å². The van der Waals surface area contributed by atoms with Crippen LogP contribution in [0.15, 0.2) is 24.3 Å². The lowest BCUT2D eigenvalue weighted by atomic mass is 10.1. The molecule has 0 unspecified atom stereocenters. The number of unbranched alkanes of at least 4 members (excludes halogenated alkanes) is 4. The molecule has 0 fully saturated rings. The molecule has 0 aliphatic rings. The summed E-state index contributed by atoms with van der Waals surface area (Å²) in [5, 5.41) is 0. The van der Waals surface area contributed by atoms with Gasteiger partial charge in [0.15, 0.2) is 0 Å². The summed E-state index contributed by atoms with van der Waals surface area (Å²) < 4.78 is 0. The number of allylic oxidation sites excluding steroid dienone is 4. The Balaban J connectivity index is 3.07. The van der Waals surface area contributed by atoms with E-state index in [1.54, 1.807) is 0 Å². The molecule has 0 aliphatic carbocycles. The van der Waals surface area contributed by atoms with Crippen LogP contribution in [0.2, 0.25) is 0 Å². The Bertz CT molecular complexity index is 120. The van der Waals surface area contributed by atoms with Crippen LogP contribution in [-0.4, -0.2) is 0 Å². The van der Waals surface area contributed by atoms with Gasteiger partial charge in [-0.25, -0.2) is 0 Å². The lowest BCUT2D eigenvalue weighted by Gasteiger charge is -1.92. The molecule has 70 valence electrons. The van der Waals surface area contributed by atoms with Gasteiger partial charge in [-0.3, -0.25) is 0 Å². The summed E-state index contributed by atoms with van der Waals surface area (Å²) in [6.45, 7) is 4.41. The largest absolute Gasteiger partial charge is 0.0848 e. The van der Waals surface area contributed by atoms with Crippen molar-refractivity contribution in [1.82, 2.24) is 0 Å². The fraction of sp³-hybridized carbons (Fsp3) is 0.667. The highest BCUT2D eigenvalue weighted by Gasteiger charge is 1.82. The summed E-state index contributed by atoms with van der Waals surface area (Å²) in [5.74, 6) is 0. The van der Waals surface area contributed by atoms with Crippen molar-refractivity contribution in [1.29, 1.82) is 0 Å². The van der Waals surface area contributed by atoms with Crippen molar-refractivity contribution in [2.24, 2.45) is 0 Å². The maximum Gasteiger partial charge on any atom is -0.0348 e. The van der Waals surface area contributed by atoms with Gasteiger partial charge in [-0.1, -0.05) is 57.4 Å². The standard InChI is InChI=1S/C12H22/c1-3-5-7-9-11-12-10-8-6-4-2/h5,7,9,11H,3-4,6,8,10,12H2,1-2H3/b7-5+,11-9+. The molecule has 0 aromatic heterocycles. The van der Waals surface area contributed by atoms with Crippen LogP contribution in [0.4, 0.5) is 0 Å². The fourth-order valence-corrected chi connectivity index (χ4v) is 1.08. The minimum atomic E-state index is 1.14. The second kappa shape index (κ2) is 10.5. The van der Waals surface area contributed by atoms with Gasteiger partial charge >= 0.3 is 0 Å². The monoisotopic (exact) mass is 166 g/mol. The smallest absolute Gasteiger partial charge is 0.0348 e. The van der Waals surface area contributed by atoms with E-state index in [2.05, 4.69) is 38.2 Å². The first-order valence-corrected chi connectivity index (χ1v) is 5.23. The first-order chi connectivity index (χ1) is 5.91. The van der Waals surface area contributed by atoms with E-state index >= 15 is 0 Å². The van der Waals surface area contributed by atoms with Crippen molar-refractivity contribution in [2.75, 3.05) is 0 Å². The Labute approximate surface area is 77.4 Å². The Morgan fingerprint density at radius 2 is 1.58 bits per heavy atom. The van der Waals surface area contributed by atoms with Crippen molar-refractivity contribution in [3.8, 4) is 0 Å². The molecule has 0 N–H and O–H groups in total. The van der Waals surface area contributed by atoms with Crippen LogP contribution in [0.1, 0.15) is 52.4 Å². The van der Waals surface area contributed by atoms with Crippen molar-refractivity contribution in [3.63, 3.8) is 0 Å². The van der Waals surface area contributed by atoms with Gasteiger partial charge in [0.2, 0.25) is 0 Å². The van der Waals surface area contributed by atoms with Crippen molar-refractivity contribution in [3.05, 3.63) is 24.3 Å². The van der Waals surface area contributed by atoms with Crippen LogP contribution < -0.4 is 0 Å².